The number of nitrogens with zero attached hydrogens (tertiary/aromatic N) is 1. The fraction of sp³-hybridized carbons (Fsp3) is 0.941. The van der Waals surface area contributed by atoms with Crippen LogP contribution in [0.25, 0.3) is 0 Å². The molecular weight excluding hydrogens is 262 g/mol. The van der Waals surface area contributed by atoms with Gasteiger partial charge in [0.05, 0.1) is 0 Å². The molecule has 0 aromatic carbocycles. The Kier molecular flexibility index (Phi) is 5.17. The van der Waals surface area contributed by atoms with E-state index in [0.717, 1.165) is 32.0 Å². The molecule has 2 saturated heterocycles. The lowest BCUT2D eigenvalue weighted by molar-refractivity contribution is -0.127. The van der Waals surface area contributed by atoms with Crippen LogP contribution in [0.3, 0.4) is 0 Å². The maximum absolute atomic E-state index is 12.3. The van der Waals surface area contributed by atoms with Crippen molar-refractivity contribution >= 4 is 5.91 Å². The van der Waals surface area contributed by atoms with E-state index in [1.807, 2.05) is 0 Å². The van der Waals surface area contributed by atoms with Gasteiger partial charge in [0.2, 0.25) is 5.91 Å². The Hall–Kier alpha value is -0.610. The molecule has 0 bridgehead atoms. The second-order valence-electron chi connectivity index (χ2n) is 7.32. The highest BCUT2D eigenvalue weighted by Gasteiger charge is 2.31. The average Bonchev–Trinajstić information content (AvgIpc) is 2.47. The summed E-state index contributed by atoms with van der Waals surface area (Å²) < 4.78 is 0. The van der Waals surface area contributed by atoms with E-state index < -0.39 is 0 Å². The lowest BCUT2D eigenvalue weighted by atomic mass is 9.87. The summed E-state index contributed by atoms with van der Waals surface area (Å²) in [6, 6.07) is 1.24. The van der Waals surface area contributed by atoms with Gasteiger partial charge in [0.1, 0.15) is 0 Å². The number of carbonyl (C=O) groups excluding carboxylic acids is 1. The topological polar surface area (TPSA) is 44.4 Å². The monoisotopic (exact) mass is 293 g/mol. The third-order valence-corrected chi connectivity index (χ3v) is 5.90. The van der Waals surface area contributed by atoms with Crippen molar-refractivity contribution < 1.29 is 4.79 Å². The van der Waals surface area contributed by atoms with Crippen molar-refractivity contribution in [1.82, 2.24) is 15.5 Å². The van der Waals surface area contributed by atoms with E-state index in [1.165, 1.54) is 45.2 Å². The highest BCUT2D eigenvalue weighted by atomic mass is 16.1. The predicted molar refractivity (Wildman–Crippen MR) is 85.1 cm³/mol. The van der Waals surface area contributed by atoms with E-state index in [4.69, 9.17) is 0 Å². The zero-order valence-corrected chi connectivity index (χ0v) is 13.4. The van der Waals surface area contributed by atoms with Crippen LogP contribution in [0.4, 0.5) is 0 Å². The largest absolute Gasteiger partial charge is 0.353 e. The van der Waals surface area contributed by atoms with Gasteiger partial charge in [-0.2, -0.15) is 0 Å². The number of piperidine rings is 1. The Morgan fingerprint density at radius 2 is 1.76 bits per heavy atom. The van der Waals surface area contributed by atoms with Crippen molar-refractivity contribution in [2.24, 2.45) is 11.8 Å². The molecule has 2 N–H and O–H groups in total. The fourth-order valence-corrected chi connectivity index (χ4v) is 4.07. The van der Waals surface area contributed by atoms with Crippen LogP contribution in [0.2, 0.25) is 0 Å². The molecule has 4 heteroatoms. The molecule has 21 heavy (non-hydrogen) atoms. The molecule has 1 amide bonds. The minimum Gasteiger partial charge on any atom is -0.353 e. The number of carbonyl (C=O) groups is 1. The Bertz CT molecular complexity index is 342. The number of likely N-dealkylation sites (tertiary alicyclic amines) is 1. The van der Waals surface area contributed by atoms with Crippen molar-refractivity contribution in [3.05, 3.63) is 0 Å². The highest BCUT2D eigenvalue weighted by Crippen LogP contribution is 2.25. The third kappa shape index (κ3) is 3.78. The summed E-state index contributed by atoms with van der Waals surface area (Å²) >= 11 is 0. The van der Waals surface area contributed by atoms with Gasteiger partial charge < -0.3 is 15.5 Å². The SMILES string of the molecule is CC(C(=O)NC1CCN(C2CCCCC2)CC1)C1CNC1. The fourth-order valence-electron chi connectivity index (χ4n) is 4.07. The van der Waals surface area contributed by atoms with Crippen molar-refractivity contribution in [2.45, 2.75) is 64.0 Å². The van der Waals surface area contributed by atoms with E-state index >= 15 is 0 Å². The van der Waals surface area contributed by atoms with E-state index in [2.05, 4.69) is 22.5 Å². The zero-order valence-electron chi connectivity index (χ0n) is 13.4. The first-order valence-corrected chi connectivity index (χ1v) is 8.99. The molecule has 120 valence electrons. The van der Waals surface area contributed by atoms with Crippen LogP contribution in [-0.2, 0) is 4.79 Å². The van der Waals surface area contributed by atoms with Crippen molar-refractivity contribution in [1.29, 1.82) is 0 Å². The maximum Gasteiger partial charge on any atom is 0.223 e. The molecule has 1 unspecified atom stereocenters. The summed E-state index contributed by atoms with van der Waals surface area (Å²) in [6.07, 6.45) is 9.31. The van der Waals surface area contributed by atoms with Gasteiger partial charge in [0.25, 0.3) is 0 Å². The van der Waals surface area contributed by atoms with Gasteiger partial charge in [-0.3, -0.25) is 4.79 Å². The standard InChI is InChI=1S/C17H31N3O/c1-13(14-11-18-12-14)17(21)19-15-7-9-20(10-8-15)16-5-3-2-4-6-16/h13-16,18H,2-12H2,1H3,(H,19,21). The van der Waals surface area contributed by atoms with Crippen LogP contribution < -0.4 is 10.6 Å². The summed E-state index contributed by atoms with van der Waals surface area (Å²) in [5.74, 6) is 0.993. The van der Waals surface area contributed by atoms with Crippen molar-refractivity contribution in [3.63, 3.8) is 0 Å². The van der Waals surface area contributed by atoms with Gasteiger partial charge in [-0.05, 0) is 44.7 Å². The normalized spacial score (nSPS) is 28.0. The third-order valence-electron chi connectivity index (χ3n) is 5.90. The quantitative estimate of drug-likeness (QED) is 0.830. The number of nitrogens with one attached hydrogen (secondary N) is 2. The minimum absolute atomic E-state index is 0.169. The molecule has 0 aromatic rings. The highest BCUT2D eigenvalue weighted by molar-refractivity contribution is 5.79. The molecular formula is C17H31N3O. The smallest absolute Gasteiger partial charge is 0.223 e. The number of hydrogen-bond acceptors (Lipinski definition) is 3. The molecule has 3 aliphatic rings. The van der Waals surface area contributed by atoms with E-state index in [1.54, 1.807) is 0 Å². The van der Waals surface area contributed by atoms with Gasteiger partial charge in [-0.25, -0.2) is 0 Å². The average molecular weight is 293 g/mol. The molecule has 1 atom stereocenters. The molecule has 2 heterocycles. The van der Waals surface area contributed by atoms with Crippen molar-refractivity contribution in [3.8, 4) is 0 Å². The lowest BCUT2D eigenvalue weighted by Crippen LogP contribution is -2.53. The second kappa shape index (κ2) is 7.10. The summed E-state index contributed by atoms with van der Waals surface area (Å²) in [5, 5.41) is 6.55. The molecule has 3 fully saturated rings. The molecule has 4 nitrogen and oxygen atoms in total. The number of rotatable bonds is 4. The first kappa shape index (κ1) is 15.3. The van der Waals surface area contributed by atoms with Crippen LogP contribution in [0.1, 0.15) is 51.9 Å². The minimum atomic E-state index is 0.169. The van der Waals surface area contributed by atoms with Crippen LogP contribution in [0.15, 0.2) is 0 Å². The molecule has 0 aromatic heterocycles. The zero-order chi connectivity index (χ0) is 14.7. The molecule has 1 saturated carbocycles. The number of amides is 1. The molecule has 0 radical (unpaired) electrons. The summed E-state index contributed by atoms with van der Waals surface area (Å²) in [4.78, 5) is 15.0. The van der Waals surface area contributed by atoms with Crippen LogP contribution in [0, 0.1) is 11.8 Å². The molecule has 3 rings (SSSR count). The maximum atomic E-state index is 12.3. The predicted octanol–water partition coefficient (Wildman–Crippen LogP) is 1.76. The van der Waals surface area contributed by atoms with E-state index in [0.29, 0.717) is 12.0 Å². The Morgan fingerprint density at radius 3 is 2.33 bits per heavy atom. The summed E-state index contributed by atoms with van der Waals surface area (Å²) in [7, 11) is 0. The van der Waals surface area contributed by atoms with Gasteiger partial charge in [0, 0.05) is 31.1 Å². The van der Waals surface area contributed by atoms with E-state index in [-0.39, 0.29) is 11.8 Å². The first-order valence-electron chi connectivity index (χ1n) is 8.99. The summed E-state index contributed by atoms with van der Waals surface area (Å²) in [5.41, 5.74) is 0. The van der Waals surface area contributed by atoms with Gasteiger partial charge >= 0.3 is 0 Å². The van der Waals surface area contributed by atoms with E-state index in [9.17, 15) is 4.79 Å². The Morgan fingerprint density at radius 1 is 1.10 bits per heavy atom. The summed E-state index contributed by atoms with van der Waals surface area (Å²) in [6.45, 7) is 6.45. The number of hydrogen-bond donors (Lipinski definition) is 2. The van der Waals surface area contributed by atoms with Crippen LogP contribution in [0.5, 0.6) is 0 Å². The Labute approximate surface area is 129 Å². The lowest BCUT2D eigenvalue weighted by Gasteiger charge is -2.40. The Balaban J connectivity index is 1.39. The second-order valence-corrected chi connectivity index (χ2v) is 7.32. The molecule has 1 aliphatic carbocycles. The van der Waals surface area contributed by atoms with Crippen molar-refractivity contribution in [2.75, 3.05) is 26.2 Å². The van der Waals surface area contributed by atoms with Crippen LogP contribution >= 0.6 is 0 Å². The molecule has 2 aliphatic heterocycles. The van der Waals surface area contributed by atoms with Crippen LogP contribution in [-0.4, -0.2) is 49.1 Å². The molecule has 0 spiro atoms. The van der Waals surface area contributed by atoms with Gasteiger partial charge in [-0.1, -0.05) is 26.2 Å². The van der Waals surface area contributed by atoms with Gasteiger partial charge in [0.15, 0.2) is 0 Å². The first-order chi connectivity index (χ1) is 10.2. The van der Waals surface area contributed by atoms with Gasteiger partial charge in [-0.15, -0.1) is 0 Å².